The number of rotatable bonds is 6. The molecule has 2 amide bonds. The van der Waals surface area contributed by atoms with E-state index in [1.807, 2.05) is 0 Å². The number of carbonyl (C=O) groups excluding carboxylic acids is 2. The fourth-order valence-electron chi connectivity index (χ4n) is 2.12. The van der Waals surface area contributed by atoms with Crippen LogP contribution in [0.15, 0.2) is 30.3 Å². The van der Waals surface area contributed by atoms with E-state index in [-0.39, 0.29) is 6.61 Å². The van der Waals surface area contributed by atoms with E-state index >= 15 is 0 Å². The minimum Gasteiger partial charge on any atom is -0.444 e. The third kappa shape index (κ3) is 6.76. The lowest BCUT2D eigenvalue weighted by Gasteiger charge is -2.34. The number of amides is 2. The summed E-state index contributed by atoms with van der Waals surface area (Å²) in [5, 5.41) is 9.91. The minimum atomic E-state index is -3.71. The van der Waals surface area contributed by atoms with Gasteiger partial charge in [-0.05, 0) is 33.3 Å². The van der Waals surface area contributed by atoms with Crippen molar-refractivity contribution in [2.75, 3.05) is 6.54 Å². The van der Waals surface area contributed by atoms with Gasteiger partial charge < -0.3 is 20.3 Å². The molecule has 2 unspecified atom stereocenters. The molecule has 0 aliphatic heterocycles. The van der Waals surface area contributed by atoms with Crippen molar-refractivity contribution in [2.45, 2.75) is 58.0 Å². The molecule has 27 heavy (non-hydrogen) atoms. The monoisotopic (exact) mass is 388 g/mol. The number of aliphatic hydroxyl groups excluding tert-OH is 1. The second-order valence-corrected chi connectivity index (χ2v) is 7.04. The van der Waals surface area contributed by atoms with E-state index in [4.69, 9.17) is 15.2 Å². The zero-order chi connectivity index (χ0) is 20.8. The van der Waals surface area contributed by atoms with Crippen LogP contribution in [0, 0.1) is 0 Å². The first-order valence-electron chi connectivity index (χ1n) is 8.38. The van der Waals surface area contributed by atoms with Crippen LogP contribution in [0.1, 0.15) is 33.3 Å². The second-order valence-electron chi connectivity index (χ2n) is 7.04. The number of nitrogens with zero attached hydrogens (tertiary/aromatic N) is 1. The molecule has 0 heterocycles. The van der Waals surface area contributed by atoms with Crippen molar-refractivity contribution < 1.29 is 33.0 Å². The second kappa shape index (κ2) is 9.09. The maximum atomic E-state index is 13.8. The van der Waals surface area contributed by atoms with Crippen molar-refractivity contribution in [2.24, 2.45) is 5.73 Å². The molecule has 152 valence electrons. The molecule has 0 radical (unpaired) electrons. The van der Waals surface area contributed by atoms with E-state index in [0.717, 1.165) is 6.92 Å². The van der Waals surface area contributed by atoms with Crippen LogP contribution >= 0.6 is 0 Å². The molecule has 0 bridgehead atoms. The van der Waals surface area contributed by atoms with Gasteiger partial charge in [-0.25, -0.2) is 23.3 Å². The van der Waals surface area contributed by atoms with Crippen molar-refractivity contribution in [3.63, 3.8) is 0 Å². The fraction of sp³-hybridized carbons (Fsp3) is 0.556. The molecule has 1 aromatic carbocycles. The van der Waals surface area contributed by atoms with Gasteiger partial charge in [-0.3, -0.25) is 0 Å². The lowest BCUT2D eigenvalue weighted by Crippen LogP contribution is -2.57. The van der Waals surface area contributed by atoms with E-state index < -0.39 is 42.4 Å². The van der Waals surface area contributed by atoms with Gasteiger partial charge in [0.1, 0.15) is 18.3 Å². The van der Waals surface area contributed by atoms with Crippen molar-refractivity contribution in [1.29, 1.82) is 0 Å². The zero-order valence-electron chi connectivity index (χ0n) is 15.8. The molecule has 2 atom stereocenters. The number of ether oxygens (including phenoxy) is 2. The summed E-state index contributed by atoms with van der Waals surface area (Å²) in [7, 11) is 0. The van der Waals surface area contributed by atoms with Crippen molar-refractivity contribution in [3.8, 4) is 0 Å². The summed E-state index contributed by atoms with van der Waals surface area (Å²) in [4.78, 5) is 25.1. The lowest BCUT2D eigenvalue weighted by atomic mass is 10.1. The number of alkyl halides is 2. The van der Waals surface area contributed by atoms with Crippen LogP contribution in [0.2, 0.25) is 0 Å². The topological polar surface area (TPSA) is 102 Å². The van der Waals surface area contributed by atoms with Crippen molar-refractivity contribution in [1.82, 2.24) is 4.90 Å². The Bertz CT molecular complexity index is 634. The number of hydrogen-bond donors (Lipinski definition) is 2. The Labute approximate surface area is 157 Å². The number of hydrogen-bond acceptors (Lipinski definition) is 6. The SMILES string of the molecule is CC(C(O)C(F)(F)CN)N(C(=O)OCc1ccccc1)C(=O)OC(C)(C)C. The standard InChI is InChI=1S/C18H26F2N2O5/c1-12(14(23)18(19,20)11-21)22(16(25)27-17(2,3)4)15(24)26-10-13-8-6-5-7-9-13/h5-9,12,14,23H,10-11,21H2,1-4H3. The molecule has 3 N–H and O–H groups in total. The molecule has 9 heteroatoms. The number of halogens is 2. The molecule has 0 fully saturated rings. The molecular weight excluding hydrogens is 362 g/mol. The Balaban J connectivity index is 3.02. The maximum Gasteiger partial charge on any atom is 0.420 e. The zero-order valence-corrected chi connectivity index (χ0v) is 15.8. The molecule has 1 aromatic rings. The van der Waals surface area contributed by atoms with Gasteiger partial charge in [0.25, 0.3) is 5.92 Å². The molecule has 0 saturated carbocycles. The fourth-order valence-corrected chi connectivity index (χ4v) is 2.12. The van der Waals surface area contributed by atoms with Gasteiger partial charge >= 0.3 is 12.2 Å². The van der Waals surface area contributed by atoms with Gasteiger partial charge in [-0.15, -0.1) is 0 Å². The summed E-state index contributed by atoms with van der Waals surface area (Å²) in [5.41, 5.74) is 4.62. The summed E-state index contributed by atoms with van der Waals surface area (Å²) < 4.78 is 37.7. The molecule has 7 nitrogen and oxygen atoms in total. The molecule has 0 aliphatic carbocycles. The molecule has 0 aromatic heterocycles. The quantitative estimate of drug-likeness (QED) is 0.777. The number of aliphatic hydroxyl groups is 1. The minimum absolute atomic E-state index is 0.185. The van der Waals surface area contributed by atoms with Crippen LogP contribution in [0.5, 0.6) is 0 Å². The van der Waals surface area contributed by atoms with E-state index in [1.54, 1.807) is 51.1 Å². The number of imide groups is 1. The largest absolute Gasteiger partial charge is 0.444 e. The summed E-state index contributed by atoms with van der Waals surface area (Å²) in [6.45, 7) is 4.40. The summed E-state index contributed by atoms with van der Waals surface area (Å²) >= 11 is 0. The highest BCUT2D eigenvalue weighted by Crippen LogP contribution is 2.24. The Hall–Kier alpha value is -2.26. The van der Waals surface area contributed by atoms with Crippen LogP contribution in [0.4, 0.5) is 18.4 Å². The first kappa shape index (κ1) is 22.8. The Morgan fingerprint density at radius 3 is 2.22 bits per heavy atom. The molecular formula is C18H26F2N2O5. The number of benzene rings is 1. The first-order valence-corrected chi connectivity index (χ1v) is 8.38. The van der Waals surface area contributed by atoms with Crippen molar-refractivity contribution in [3.05, 3.63) is 35.9 Å². The Morgan fingerprint density at radius 1 is 1.19 bits per heavy atom. The van der Waals surface area contributed by atoms with Gasteiger partial charge in [0.05, 0.1) is 12.6 Å². The van der Waals surface area contributed by atoms with Gasteiger partial charge in [-0.1, -0.05) is 30.3 Å². The smallest absolute Gasteiger partial charge is 0.420 e. The number of nitrogens with two attached hydrogens (primary N) is 1. The summed E-state index contributed by atoms with van der Waals surface area (Å²) in [6.07, 6.45) is -4.81. The third-order valence-electron chi connectivity index (χ3n) is 3.56. The summed E-state index contributed by atoms with van der Waals surface area (Å²) in [6, 6.07) is 6.96. The molecule has 0 aliphatic rings. The van der Waals surface area contributed by atoms with Crippen LogP contribution in [-0.4, -0.2) is 52.4 Å². The van der Waals surface area contributed by atoms with Crippen LogP contribution < -0.4 is 5.73 Å². The summed E-state index contributed by atoms with van der Waals surface area (Å²) in [5.74, 6) is -3.71. The predicted molar refractivity (Wildman–Crippen MR) is 94.2 cm³/mol. The van der Waals surface area contributed by atoms with Crippen LogP contribution in [0.3, 0.4) is 0 Å². The highest BCUT2D eigenvalue weighted by Gasteiger charge is 2.46. The average molecular weight is 388 g/mol. The van der Waals surface area contributed by atoms with E-state index in [0.29, 0.717) is 10.5 Å². The van der Waals surface area contributed by atoms with Gasteiger partial charge in [0.15, 0.2) is 0 Å². The Morgan fingerprint density at radius 2 is 1.74 bits per heavy atom. The Kier molecular flexibility index (Phi) is 7.67. The van der Waals surface area contributed by atoms with Gasteiger partial charge in [0, 0.05) is 0 Å². The van der Waals surface area contributed by atoms with Crippen molar-refractivity contribution >= 4 is 12.2 Å². The van der Waals surface area contributed by atoms with Crippen LogP contribution in [0.25, 0.3) is 0 Å². The van der Waals surface area contributed by atoms with Gasteiger partial charge in [0.2, 0.25) is 0 Å². The molecule has 0 saturated heterocycles. The molecule has 1 rings (SSSR count). The average Bonchev–Trinajstić information content (AvgIpc) is 2.58. The predicted octanol–water partition coefficient (Wildman–Crippen LogP) is 2.90. The maximum absolute atomic E-state index is 13.8. The molecule has 0 spiro atoms. The van der Waals surface area contributed by atoms with Crippen LogP contribution in [-0.2, 0) is 16.1 Å². The van der Waals surface area contributed by atoms with E-state index in [1.165, 1.54) is 0 Å². The normalized spacial score (nSPS) is 14.2. The highest BCUT2D eigenvalue weighted by atomic mass is 19.3. The van der Waals surface area contributed by atoms with Gasteiger partial charge in [-0.2, -0.15) is 0 Å². The third-order valence-corrected chi connectivity index (χ3v) is 3.56. The van der Waals surface area contributed by atoms with E-state index in [2.05, 4.69) is 0 Å². The lowest BCUT2D eigenvalue weighted by molar-refractivity contribution is -0.125. The number of carbonyl (C=O) groups is 2. The van der Waals surface area contributed by atoms with E-state index in [9.17, 15) is 23.5 Å². The first-order chi connectivity index (χ1) is 12.4. The highest BCUT2D eigenvalue weighted by molar-refractivity contribution is 5.88.